The lowest BCUT2D eigenvalue weighted by Gasteiger charge is -2.33. The number of carbonyl (C=O) groups excluding carboxylic acids is 1. The van der Waals surface area contributed by atoms with Crippen molar-refractivity contribution >= 4 is 5.91 Å². The number of rotatable bonds is 5. The van der Waals surface area contributed by atoms with Crippen molar-refractivity contribution < 1.29 is 9.32 Å². The minimum atomic E-state index is -0.374. The van der Waals surface area contributed by atoms with Gasteiger partial charge in [0.25, 0.3) is 0 Å². The summed E-state index contributed by atoms with van der Waals surface area (Å²) in [4.78, 5) is 18.7. The largest absolute Gasteiger partial charge is 0.341 e. The van der Waals surface area contributed by atoms with Crippen molar-refractivity contribution in [2.45, 2.75) is 63.3 Å². The van der Waals surface area contributed by atoms with Crippen molar-refractivity contribution in [2.24, 2.45) is 5.73 Å². The number of aromatic nitrogens is 2. The van der Waals surface area contributed by atoms with Gasteiger partial charge in [-0.1, -0.05) is 18.5 Å². The van der Waals surface area contributed by atoms with E-state index in [1.807, 2.05) is 11.8 Å². The summed E-state index contributed by atoms with van der Waals surface area (Å²) in [6, 6.07) is -0.374. The van der Waals surface area contributed by atoms with Gasteiger partial charge >= 0.3 is 0 Å². The smallest absolute Gasteiger partial charge is 0.239 e. The minimum Gasteiger partial charge on any atom is -0.341 e. The van der Waals surface area contributed by atoms with E-state index in [2.05, 4.69) is 10.1 Å². The van der Waals surface area contributed by atoms with Crippen LogP contribution in [0.4, 0.5) is 0 Å². The van der Waals surface area contributed by atoms with Crippen LogP contribution < -0.4 is 5.73 Å². The number of likely N-dealkylation sites (tertiary alicyclic amines) is 1. The van der Waals surface area contributed by atoms with E-state index >= 15 is 0 Å². The van der Waals surface area contributed by atoms with Gasteiger partial charge in [-0.2, -0.15) is 4.98 Å². The summed E-state index contributed by atoms with van der Waals surface area (Å²) in [5, 5.41) is 4.12. The highest BCUT2D eigenvalue weighted by atomic mass is 16.5. The van der Waals surface area contributed by atoms with Crippen LogP contribution in [0.3, 0.4) is 0 Å². The summed E-state index contributed by atoms with van der Waals surface area (Å²) in [6.07, 6.45) is 5.97. The molecule has 1 saturated heterocycles. The van der Waals surface area contributed by atoms with Crippen molar-refractivity contribution in [1.29, 1.82) is 0 Å². The molecule has 0 aromatic carbocycles. The monoisotopic (exact) mass is 292 g/mol. The molecule has 2 heterocycles. The molecule has 1 amide bonds. The van der Waals surface area contributed by atoms with Crippen molar-refractivity contribution in [1.82, 2.24) is 15.0 Å². The normalized spacial score (nSPS) is 24.1. The molecular formula is C15H24N4O2. The van der Waals surface area contributed by atoms with E-state index in [-0.39, 0.29) is 17.9 Å². The predicted molar refractivity (Wildman–Crippen MR) is 77.7 cm³/mol. The maximum atomic E-state index is 12.3. The van der Waals surface area contributed by atoms with E-state index in [4.69, 9.17) is 10.3 Å². The molecule has 1 aliphatic carbocycles. The molecule has 2 aliphatic rings. The molecule has 0 spiro atoms. The van der Waals surface area contributed by atoms with Crippen LogP contribution in [-0.4, -0.2) is 40.1 Å². The Morgan fingerprint density at radius 1 is 1.43 bits per heavy atom. The van der Waals surface area contributed by atoms with Crippen LogP contribution in [0.1, 0.15) is 69.0 Å². The molecule has 1 aromatic heterocycles. The fourth-order valence-electron chi connectivity index (χ4n) is 2.97. The average Bonchev–Trinajstić information content (AvgIpc) is 3.24. The third-order valence-corrected chi connectivity index (χ3v) is 4.40. The number of nitrogens with zero attached hydrogens (tertiary/aromatic N) is 3. The quantitative estimate of drug-likeness (QED) is 0.894. The Morgan fingerprint density at radius 3 is 2.95 bits per heavy atom. The van der Waals surface area contributed by atoms with Crippen molar-refractivity contribution in [3.63, 3.8) is 0 Å². The molecule has 0 bridgehead atoms. The molecule has 6 heteroatoms. The van der Waals surface area contributed by atoms with Crippen molar-refractivity contribution in [3.8, 4) is 0 Å². The third kappa shape index (κ3) is 3.26. The van der Waals surface area contributed by atoms with E-state index in [9.17, 15) is 4.79 Å². The van der Waals surface area contributed by atoms with Crippen molar-refractivity contribution in [3.05, 3.63) is 11.7 Å². The van der Waals surface area contributed by atoms with E-state index in [1.165, 1.54) is 0 Å². The number of hydrogen-bond donors (Lipinski definition) is 1. The number of piperidine rings is 1. The zero-order valence-electron chi connectivity index (χ0n) is 12.6. The predicted octanol–water partition coefficient (Wildman–Crippen LogP) is 1.78. The second kappa shape index (κ2) is 6.13. The maximum Gasteiger partial charge on any atom is 0.239 e. The van der Waals surface area contributed by atoms with Gasteiger partial charge in [-0.3, -0.25) is 4.79 Å². The van der Waals surface area contributed by atoms with Gasteiger partial charge in [-0.15, -0.1) is 0 Å². The maximum absolute atomic E-state index is 12.3. The fourth-order valence-corrected chi connectivity index (χ4v) is 2.97. The topological polar surface area (TPSA) is 85.3 Å². The van der Waals surface area contributed by atoms with Gasteiger partial charge < -0.3 is 15.2 Å². The minimum absolute atomic E-state index is 0.0625. The van der Waals surface area contributed by atoms with Gasteiger partial charge in [0.2, 0.25) is 11.8 Å². The van der Waals surface area contributed by atoms with Crippen LogP contribution in [0.15, 0.2) is 4.52 Å². The zero-order valence-corrected chi connectivity index (χ0v) is 12.6. The Kier molecular flexibility index (Phi) is 4.24. The van der Waals surface area contributed by atoms with Crippen LogP contribution in [0.25, 0.3) is 0 Å². The third-order valence-electron chi connectivity index (χ3n) is 4.40. The van der Waals surface area contributed by atoms with Gasteiger partial charge in [0, 0.05) is 24.9 Å². The lowest BCUT2D eigenvalue weighted by molar-refractivity contribution is -0.134. The van der Waals surface area contributed by atoms with E-state index in [1.54, 1.807) is 0 Å². The van der Waals surface area contributed by atoms with Crippen LogP contribution in [0, 0.1) is 0 Å². The van der Waals surface area contributed by atoms with Gasteiger partial charge in [0.05, 0.1) is 6.04 Å². The molecule has 116 valence electrons. The summed E-state index contributed by atoms with van der Waals surface area (Å²) < 4.78 is 5.33. The van der Waals surface area contributed by atoms with Crippen LogP contribution >= 0.6 is 0 Å². The van der Waals surface area contributed by atoms with Crippen LogP contribution in [0.2, 0.25) is 0 Å². The molecule has 1 aliphatic heterocycles. The Bertz CT molecular complexity index is 498. The van der Waals surface area contributed by atoms with Gasteiger partial charge in [-0.25, -0.2) is 0 Å². The lowest BCUT2D eigenvalue weighted by atomic mass is 9.96. The highest BCUT2D eigenvalue weighted by molar-refractivity contribution is 5.81. The first-order chi connectivity index (χ1) is 10.2. The fraction of sp³-hybridized carbons (Fsp3) is 0.800. The number of hydrogen-bond acceptors (Lipinski definition) is 5. The van der Waals surface area contributed by atoms with Crippen LogP contribution in [-0.2, 0) is 4.79 Å². The molecule has 2 N–H and O–H groups in total. The first-order valence-electron chi connectivity index (χ1n) is 8.07. The highest BCUT2D eigenvalue weighted by Crippen LogP contribution is 2.39. The summed E-state index contributed by atoms with van der Waals surface area (Å²) in [5.74, 6) is 2.26. The highest BCUT2D eigenvalue weighted by Gasteiger charge is 2.33. The zero-order chi connectivity index (χ0) is 14.8. The molecular weight excluding hydrogens is 268 g/mol. The summed E-state index contributed by atoms with van der Waals surface area (Å²) in [7, 11) is 0. The second-order valence-electron chi connectivity index (χ2n) is 6.28. The number of carbonyl (C=O) groups is 1. The van der Waals surface area contributed by atoms with Gasteiger partial charge in [0.1, 0.15) is 0 Å². The molecule has 2 fully saturated rings. The van der Waals surface area contributed by atoms with Crippen molar-refractivity contribution in [2.75, 3.05) is 13.1 Å². The van der Waals surface area contributed by atoms with E-state index in [0.29, 0.717) is 12.5 Å². The summed E-state index contributed by atoms with van der Waals surface area (Å²) >= 11 is 0. The van der Waals surface area contributed by atoms with E-state index < -0.39 is 0 Å². The SMILES string of the molecule is CCCC(N)C(=O)N1CCCC(c2noc(C3CC3)n2)C1. The Morgan fingerprint density at radius 2 is 2.24 bits per heavy atom. The molecule has 21 heavy (non-hydrogen) atoms. The Hall–Kier alpha value is -1.43. The van der Waals surface area contributed by atoms with Gasteiger partial charge in [0.15, 0.2) is 5.82 Å². The molecule has 2 atom stereocenters. The number of nitrogens with two attached hydrogens (primary N) is 1. The Balaban J connectivity index is 1.63. The molecule has 1 aromatic rings. The van der Waals surface area contributed by atoms with Crippen LogP contribution in [0.5, 0.6) is 0 Å². The summed E-state index contributed by atoms with van der Waals surface area (Å²) in [6.45, 7) is 3.50. The lowest BCUT2D eigenvalue weighted by Crippen LogP contribution is -2.47. The van der Waals surface area contributed by atoms with E-state index in [0.717, 1.165) is 56.8 Å². The first kappa shape index (κ1) is 14.5. The molecule has 6 nitrogen and oxygen atoms in total. The molecule has 3 rings (SSSR count). The standard InChI is InChI=1S/C15H24N4O2/c1-2-4-12(16)15(20)19-8-3-5-11(9-19)13-17-14(21-18-13)10-6-7-10/h10-12H,2-9,16H2,1H3. The number of amides is 1. The molecule has 2 unspecified atom stereocenters. The average molecular weight is 292 g/mol. The first-order valence-corrected chi connectivity index (χ1v) is 8.07. The second-order valence-corrected chi connectivity index (χ2v) is 6.28. The Labute approximate surface area is 125 Å². The summed E-state index contributed by atoms with van der Waals surface area (Å²) in [5.41, 5.74) is 5.95. The molecule has 0 radical (unpaired) electrons. The molecule has 1 saturated carbocycles. The van der Waals surface area contributed by atoms with Gasteiger partial charge in [-0.05, 0) is 32.1 Å².